The van der Waals surface area contributed by atoms with Crippen LogP contribution in [0.5, 0.6) is 11.5 Å². The van der Waals surface area contributed by atoms with Crippen LogP contribution in [0.4, 0.5) is 5.82 Å². The van der Waals surface area contributed by atoms with Gasteiger partial charge in [-0.1, -0.05) is 0 Å². The van der Waals surface area contributed by atoms with Crippen LogP contribution < -0.4 is 4.18 Å². The summed E-state index contributed by atoms with van der Waals surface area (Å²) >= 11 is 0. The lowest BCUT2D eigenvalue weighted by molar-refractivity contribution is -0.392. The van der Waals surface area contributed by atoms with Crippen molar-refractivity contribution < 1.29 is 22.6 Å². The van der Waals surface area contributed by atoms with E-state index in [2.05, 4.69) is 4.98 Å². The summed E-state index contributed by atoms with van der Waals surface area (Å²) in [7, 11) is -3.11. The zero-order valence-corrected chi connectivity index (χ0v) is 10.9. The molecule has 1 N–H and O–H groups in total. The van der Waals surface area contributed by atoms with E-state index in [1.165, 1.54) is 31.3 Å². The van der Waals surface area contributed by atoms with Crippen molar-refractivity contribution in [2.24, 2.45) is 7.05 Å². The predicted octanol–water partition coefficient (Wildman–Crippen LogP) is 0.802. The third-order valence-corrected chi connectivity index (χ3v) is 3.67. The van der Waals surface area contributed by atoms with E-state index >= 15 is 0 Å². The second-order valence-electron chi connectivity index (χ2n) is 3.77. The molecule has 1 aromatic heterocycles. The minimum atomic E-state index is -4.41. The molecule has 0 saturated heterocycles. The van der Waals surface area contributed by atoms with Crippen molar-refractivity contribution in [2.75, 3.05) is 0 Å². The Balaban J connectivity index is 2.43. The second kappa shape index (κ2) is 4.81. The molecule has 0 spiro atoms. The Kier molecular flexibility index (Phi) is 3.32. The van der Waals surface area contributed by atoms with Crippen molar-refractivity contribution in [2.45, 2.75) is 5.03 Å². The molecule has 0 saturated carbocycles. The van der Waals surface area contributed by atoms with Gasteiger partial charge in [0.1, 0.15) is 11.5 Å². The molecule has 10 heteroatoms. The normalized spacial score (nSPS) is 11.2. The summed E-state index contributed by atoms with van der Waals surface area (Å²) in [4.78, 5) is 13.2. The van der Waals surface area contributed by atoms with E-state index in [1.54, 1.807) is 0 Å². The molecule has 106 valence electrons. The van der Waals surface area contributed by atoms with Gasteiger partial charge in [0, 0.05) is 7.05 Å². The average Bonchev–Trinajstić information content (AvgIpc) is 2.75. The number of hydrogen-bond donors (Lipinski definition) is 1. The Morgan fingerprint density at radius 1 is 1.35 bits per heavy atom. The van der Waals surface area contributed by atoms with E-state index in [-0.39, 0.29) is 11.5 Å². The van der Waals surface area contributed by atoms with Gasteiger partial charge in [-0.05, 0) is 34.2 Å². The van der Waals surface area contributed by atoms with Gasteiger partial charge in [-0.25, -0.2) is 0 Å². The third-order valence-electron chi connectivity index (χ3n) is 2.32. The molecule has 2 rings (SSSR count). The van der Waals surface area contributed by atoms with Gasteiger partial charge in [-0.2, -0.15) is 8.42 Å². The predicted molar refractivity (Wildman–Crippen MR) is 65.8 cm³/mol. The first-order valence-corrected chi connectivity index (χ1v) is 6.61. The number of aryl methyl sites for hydroxylation is 1. The Morgan fingerprint density at radius 3 is 2.50 bits per heavy atom. The summed E-state index contributed by atoms with van der Waals surface area (Å²) in [5.74, 6) is -0.967. The lowest BCUT2D eigenvalue weighted by atomic mass is 10.3. The molecule has 0 bridgehead atoms. The van der Waals surface area contributed by atoms with Crippen molar-refractivity contribution in [1.82, 2.24) is 9.55 Å². The van der Waals surface area contributed by atoms with E-state index in [9.17, 15) is 18.5 Å². The van der Waals surface area contributed by atoms with Gasteiger partial charge in [-0.3, -0.25) is 4.57 Å². The van der Waals surface area contributed by atoms with E-state index in [0.29, 0.717) is 0 Å². The molecular formula is C10H9N3O6S. The molecule has 0 aliphatic carbocycles. The first-order valence-electron chi connectivity index (χ1n) is 5.20. The molecule has 0 aliphatic heterocycles. The highest BCUT2D eigenvalue weighted by molar-refractivity contribution is 7.87. The number of phenolic OH excluding ortho intramolecular Hbond substituents is 1. The number of aromatic nitrogens is 2. The van der Waals surface area contributed by atoms with Crippen LogP contribution >= 0.6 is 0 Å². The number of phenols is 1. The standard InChI is InChI=1S/C10H9N3O6S/c1-12-6-11-9(13(15)16)10(12)20(17,18)19-8-4-2-7(14)3-5-8/h2-6,14H,1H3. The maximum Gasteiger partial charge on any atom is 0.404 e. The average molecular weight is 299 g/mol. The van der Waals surface area contributed by atoms with Crippen LogP contribution in [0.1, 0.15) is 0 Å². The van der Waals surface area contributed by atoms with Crippen LogP contribution in [-0.4, -0.2) is 28.0 Å². The fourth-order valence-electron chi connectivity index (χ4n) is 1.49. The maximum atomic E-state index is 12.0. The summed E-state index contributed by atoms with van der Waals surface area (Å²) in [5, 5.41) is 19.2. The number of nitro groups is 1. The molecule has 1 heterocycles. The van der Waals surface area contributed by atoms with Gasteiger partial charge in [0.25, 0.3) is 5.03 Å². The van der Waals surface area contributed by atoms with E-state index in [1.807, 2.05) is 0 Å². The van der Waals surface area contributed by atoms with Crippen molar-refractivity contribution in [1.29, 1.82) is 0 Å². The Hall–Kier alpha value is -2.62. The number of nitrogens with zero attached hydrogens (tertiary/aromatic N) is 3. The first-order chi connectivity index (χ1) is 9.31. The molecule has 1 aromatic carbocycles. The van der Waals surface area contributed by atoms with Crippen molar-refractivity contribution >= 4 is 15.9 Å². The number of aromatic hydroxyl groups is 1. The SMILES string of the molecule is Cn1cnc([N+](=O)[O-])c1S(=O)(=O)Oc1ccc(O)cc1. The van der Waals surface area contributed by atoms with Crippen LogP contribution in [0.25, 0.3) is 0 Å². The van der Waals surface area contributed by atoms with Gasteiger partial charge in [0.05, 0.1) is 0 Å². The zero-order valence-electron chi connectivity index (χ0n) is 10.1. The minimum absolute atomic E-state index is 0.0683. The summed E-state index contributed by atoms with van der Waals surface area (Å²) in [5.41, 5.74) is 0. The molecule has 0 fully saturated rings. The Labute approximate surface area is 113 Å². The molecule has 0 atom stereocenters. The highest BCUT2D eigenvalue weighted by atomic mass is 32.2. The number of hydrogen-bond acceptors (Lipinski definition) is 7. The zero-order chi connectivity index (χ0) is 14.9. The van der Waals surface area contributed by atoms with E-state index in [0.717, 1.165) is 10.9 Å². The fraction of sp³-hybridized carbons (Fsp3) is 0.100. The van der Waals surface area contributed by atoms with E-state index in [4.69, 9.17) is 9.29 Å². The molecule has 0 aliphatic rings. The Morgan fingerprint density at radius 2 is 1.95 bits per heavy atom. The number of imidazole rings is 1. The fourth-order valence-corrected chi connectivity index (χ4v) is 2.68. The maximum absolute atomic E-state index is 12.0. The molecule has 20 heavy (non-hydrogen) atoms. The van der Waals surface area contributed by atoms with Crippen LogP contribution in [0.3, 0.4) is 0 Å². The lowest BCUT2D eigenvalue weighted by Gasteiger charge is -2.06. The minimum Gasteiger partial charge on any atom is -0.508 e. The van der Waals surface area contributed by atoms with Crippen LogP contribution in [-0.2, 0) is 17.2 Å². The van der Waals surface area contributed by atoms with Gasteiger partial charge in [0.2, 0.25) is 6.33 Å². The van der Waals surface area contributed by atoms with Crippen molar-refractivity contribution in [3.8, 4) is 11.5 Å². The highest BCUT2D eigenvalue weighted by Gasteiger charge is 2.33. The summed E-state index contributed by atoms with van der Waals surface area (Å²) in [6.07, 6.45) is 1.01. The summed E-state index contributed by atoms with van der Waals surface area (Å²) in [6, 6.07) is 4.88. The quantitative estimate of drug-likeness (QED) is 0.503. The summed E-state index contributed by atoms with van der Waals surface area (Å²) < 4.78 is 29.8. The molecule has 0 amide bonds. The first kappa shape index (κ1) is 13.8. The second-order valence-corrected chi connectivity index (χ2v) is 5.23. The van der Waals surface area contributed by atoms with E-state index < -0.39 is 25.9 Å². The van der Waals surface area contributed by atoms with Crippen molar-refractivity contribution in [3.63, 3.8) is 0 Å². The van der Waals surface area contributed by atoms with Gasteiger partial charge in [0.15, 0.2) is 0 Å². The molecular weight excluding hydrogens is 290 g/mol. The van der Waals surface area contributed by atoms with Gasteiger partial charge >= 0.3 is 15.9 Å². The van der Waals surface area contributed by atoms with Crippen LogP contribution in [0.2, 0.25) is 0 Å². The highest BCUT2D eigenvalue weighted by Crippen LogP contribution is 2.25. The summed E-state index contributed by atoms with van der Waals surface area (Å²) in [6.45, 7) is 0. The molecule has 9 nitrogen and oxygen atoms in total. The topological polar surface area (TPSA) is 125 Å². The largest absolute Gasteiger partial charge is 0.508 e. The molecule has 0 radical (unpaired) electrons. The molecule has 2 aromatic rings. The number of benzene rings is 1. The number of rotatable bonds is 4. The van der Waals surface area contributed by atoms with Crippen molar-refractivity contribution in [3.05, 3.63) is 40.7 Å². The van der Waals surface area contributed by atoms with Crippen LogP contribution in [0, 0.1) is 10.1 Å². The Bertz CT molecular complexity index is 750. The smallest absolute Gasteiger partial charge is 0.404 e. The lowest BCUT2D eigenvalue weighted by Crippen LogP contribution is -2.15. The van der Waals surface area contributed by atoms with Gasteiger partial charge < -0.3 is 19.4 Å². The van der Waals surface area contributed by atoms with Gasteiger partial charge in [-0.15, -0.1) is 0 Å². The van der Waals surface area contributed by atoms with Crippen LogP contribution in [0.15, 0.2) is 35.6 Å². The molecule has 0 unspecified atom stereocenters. The third kappa shape index (κ3) is 2.54. The monoisotopic (exact) mass is 299 g/mol.